The van der Waals surface area contributed by atoms with Crippen molar-refractivity contribution in [2.45, 2.75) is 5.75 Å². The van der Waals surface area contributed by atoms with E-state index in [-0.39, 0.29) is 11.7 Å². The molecule has 0 atom stereocenters. The number of carbonyl (C=O) groups excluding carboxylic acids is 2. The monoisotopic (exact) mass is 352 g/mol. The highest BCUT2D eigenvalue weighted by Gasteiger charge is 2.20. The van der Waals surface area contributed by atoms with Gasteiger partial charge in [-0.25, -0.2) is 8.42 Å². The van der Waals surface area contributed by atoms with Crippen molar-refractivity contribution in [1.82, 2.24) is 5.32 Å². The third kappa shape index (κ3) is 4.90. The van der Waals surface area contributed by atoms with Gasteiger partial charge >= 0.3 is 0 Å². The molecule has 2 N–H and O–H groups in total. The molecule has 0 bridgehead atoms. The van der Waals surface area contributed by atoms with E-state index in [1.807, 2.05) is 0 Å². The lowest BCUT2D eigenvalue weighted by Crippen LogP contribution is -2.25. The minimum Gasteiger partial charge on any atom is -0.355 e. The quantitative estimate of drug-likeness (QED) is 0.827. The predicted molar refractivity (Wildman–Crippen MR) is 90.3 cm³/mol. The molecular formula is C15H16N2O4S2. The SMILES string of the molecule is CNC(=O)c1ccsc1NC(=O)CS(=O)(=O)Cc1ccccc1. The highest BCUT2D eigenvalue weighted by atomic mass is 32.2. The van der Waals surface area contributed by atoms with Gasteiger partial charge in [-0.3, -0.25) is 9.59 Å². The Morgan fingerprint density at radius 3 is 2.48 bits per heavy atom. The zero-order valence-electron chi connectivity index (χ0n) is 12.4. The fourth-order valence-electron chi connectivity index (χ4n) is 1.96. The third-order valence-electron chi connectivity index (χ3n) is 2.97. The minimum absolute atomic E-state index is 0.200. The lowest BCUT2D eigenvalue weighted by atomic mass is 10.2. The summed E-state index contributed by atoms with van der Waals surface area (Å²) in [4.78, 5) is 23.6. The molecule has 0 spiro atoms. The van der Waals surface area contributed by atoms with Crippen molar-refractivity contribution in [2.24, 2.45) is 0 Å². The van der Waals surface area contributed by atoms with E-state index >= 15 is 0 Å². The van der Waals surface area contributed by atoms with Gasteiger partial charge in [-0.1, -0.05) is 30.3 Å². The number of rotatable bonds is 6. The Morgan fingerprint density at radius 1 is 1.13 bits per heavy atom. The number of carbonyl (C=O) groups is 2. The highest BCUT2D eigenvalue weighted by Crippen LogP contribution is 2.23. The summed E-state index contributed by atoms with van der Waals surface area (Å²) in [5.74, 6) is -1.83. The van der Waals surface area contributed by atoms with Gasteiger partial charge in [0.2, 0.25) is 5.91 Å². The smallest absolute Gasteiger partial charge is 0.254 e. The Kier molecular flexibility index (Phi) is 5.51. The van der Waals surface area contributed by atoms with Crippen LogP contribution in [0, 0.1) is 0 Å². The standard InChI is InChI=1S/C15H16N2O4S2/c1-16-14(19)12-7-8-22-15(12)17-13(18)10-23(20,21)9-11-5-3-2-4-6-11/h2-8H,9-10H2,1H3,(H,16,19)(H,17,18). The summed E-state index contributed by atoms with van der Waals surface area (Å²) < 4.78 is 24.2. The summed E-state index contributed by atoms with van der Waals surface area (Å²) in [5, 5.41) is 6.94. The van der Waals surface area contributed by atoms with Crippen LogP contribution in [0.5, 0.6) is 0 Å². The summed E-state index contributed by atoms with van der Waals surface area (Å²) in [6.07, 6.45) is 0. The topological polar surface area (TPSA) is 92.3 Å². The van der Waals surface area contributed by atoms with E-state index in [1.165, 1.54) is 7.05 Å². The molecule has 1 aromatic carbocycles. The third-order valence-corrected chi connectivity index (χ3v) is 5.28. The fraction of sp³-hybridized carbons (Fsp3) is 0.200. The number of benzene rings is 1. The summed E-state index contributed by atoms with van der Waals surface area (Å²) >= 11 is 1.16. The first kappa shape index (κ1) is 17.2. The van der Waals surface area contributed by atoms with E-state index in [4.69, 9.17) is 0 Å². The molecule has 0 saturated carbocycles. The summed E-state index contributed by atoms with van der Waals surface area (Å²) in [5.41, 5.74) is 0.939. The van der Waals surface area contributed by atoms with Crippen molar-refractivity contribution in [1.29, 1.82) is 0 Å². The van der Waals surface area contributed by atoms with Gasteiger partial charge in [0, 0.05) is 7.05 Å². The second-order valence-electron chi connectivity index (χ2n) is 4.81. The van der Waals surface area contributed by atoms with Crippen LogP contribution in [0.1, 0.15) is 15.9 Å². The van der Waals surface area contributed by atoms with E-state index < -0.39 is 21.5 Å². The van der Waals surface area contributed by atoms with Crippen LogP contribution in [0.3, 0.4) is 0 Å². The van der Waals surface area contributed by atoms with E-state index in [9.17, 15) is 18.0 Å². The second-order valence-corrected chi connectivity index (χ2v) is 7.79. The van der Waals surface area contributed by atoms with Crippen molar-refractivity contribution in [3.05, 3.63) is 52.9 Å². The average Bonchev–Trinajstić information content (AvgIpc) is 2.94. The molecule has 0 aliphatic rings. The number of hydrogen-bond acceptors (Lipinski definition) is 5. The first-order valence-electron chi connectivity index (χ1n) is 6.75. The number of sulfone groups is 1. The summed E-state index contributed by atoms with van der Waals surface area (Å²) in [6.45, 7) is 0. The van der Waals surface area contributed by atoms with E-state index in [1.54, 1.807) is 41.8 Å². The van der Waals surface area contributed by atoms with Gasteiger partial charge < -0.3 is 10.6 Å². The maximum atomic E-state index is 12.1. The van der Waals surface area contributed by atoms with Crippen LogP contribution < -0.4 is 10.6 Å². The van der Waals surface area contributed by atoms with Crippen LogP contribution in [-0.2, 0) is 20.4 Å². The average molecular weight is 352 g/mol. The van der Waals surface area contributed by atoms with Gasteiger partial charge in [-0.15, -0.1) is 11.3 Å². The summed E-state index contributed by atoms with van der Waals surface area (Å²) in [7, 11) is -2.10. The molecule has 0 radical (unpaired) electrons. The number of thiophene rings is 1. The van der Waals surface area contributed by atoms with Crippen LogP contribution in [0.4, 0.5) is 5.00 Å². The lowest BCUT2D eigenvalue weighted by Gasteiger charge is -2.07. The fourth-order valence-corrected chi connectivity index (χ4v) is 4.04. The Bertz CT molecular complexity index is 798. The Labute approximate surface area is 138 Å². The number of hydrogen-bond donors (Lipinski definition) is 2. The van der Waals surface area contributed by atoms with E-state index in [0.717, 1.165) is 11.3 Å². The van der Waals surface area contributed by atoms with Crippen molar-refractivity contribution in [3.63, 3.8) is 0 Å². The van der Waals surface area contributed by atoms with E-state index in [2.05, 4.69) is 10.6 Å². The molecule has 2 rings (SSSR count). The van der Waals surface area contributed by atoms with Gasteiger partial charge in [0.15, 0.2) is 9.84 Å². The molecule has 0 fully saturated rings. The Hall–Kier alpha value is -2.19. The van der Waals surface area contributed by atoms with E-state index in [0.29, 0.717) is 16.1 Å². The van der Waals surface area contributed by atoms with Gasteiger partial charge in [-0.2, -0.15) is 0 Å². The lowest BCUT2D eigenvalue weighted by molar-refractivity contribution is -0.113. The second kappa shape index (κ2) is 7.38. The minimum atomic E-state index is -3.58. The highest BCUT2D eigenvalue weighted by molar-refractivity contribution is 7.91. The molecule has 2 amide bonds. The number of amides is 2. The normalized spacial score (nSPS) is 11.0. The molecule has 1 aromatic heterocycles. The molecule has 1 heterocycles. The van der Waals surface area contributed by atoms with Crippen molar-refractivity contribution in [3.8, 4) is 0 Å². The van der Waals surface area contributed by atoms with Gasteiger partial charge in [0.1, 0.15) is 10.8 Å². The largest absolute Gasteiger partial charge is 0.355 e. The van der Waals surface area contributed by atoms with Crippen molar-refractivity contribution in [2.75, 3.05) is 18.1 Å². The molecule has 23 heavy (non-hydrogen) atoms. The zero-order chi connectivity index (χ0) is 16.9. The van der Waals surface area contributed by atoms with Gasteiger partial charge in [-0.05, 0) is 17.0 Å². The maximum Gasteiger partial charge on any atom is 0.254 e. The van der Waals surface area contributed by atoms with Crippen molar-refractivity contribution < 1.29 is 18.0 Å². The molecule has 6 nitrogen and oxygen atoms in total. The van der Waals surface area contributed by atoms with Crippen LogP contribution in [0.2, 0.25) is 0 Å². The number of anilines is 1. The molecule has 0 unspecified atom stereocenters. The van der Waals surface area contributed by atoms with Gasteiger partial charge in [0.05, 0.1) is 11.3 Å². The Morgan fingerprint density at radius 2 is 1.83 bits per heavy atom. The molecule has 0 saturated heterocycles. The predicted octanol–water partition coefficient (Wildman–Crippen LogP) is 1.66. The summed E-state index contributed by atoms with van der Waals surface area (Å²) in [6, 6.07) is 10.2. The van der Waals surface area contributed by atoms with Crippen molar-refractivity contribution >= 4 is 38.0 Å². The zero-order valence-corrected chi connectivity index (χ0v) is 14.0. The molecular weight excluding hydrogens is 336 g/mol. The number of nitrogens with one attached hydrogen (secondary N) is 2. The molecule has 0 aliphatic carbocycles. The first-order chi connectivity index (χ1) is 10.9. The first-order valence-corrected chi connectivity index (χ1v) is 9.45. The molecule has 8 heteroatoms. The van der Waals surface area contributed by atoms with Gasteiger partial charge in [0.25, 0.3) is 5.91 Å². The van der Waals surface area contributed by atoms with Crippen LogP contribution in [-0.4, -0.2) is 33.0 Å². The molecule has 0 aliphatic heterocycles. The molecule has 122 valence electrons. The van der Waals surface area contributed by atoms with Crippen LogP contribution in [0.15, 0.2) is 41.8 Å². The van der Waals surface area contributed by atoms with Crippen LogP contribution >= 0.6 is 11.3 Å². The van der Waals surface area contributed by atoms with Crippen LogP contribution in [0.25, 0.3) is 0 Å². The maximum absolute atomic E-state index is 12.1. The Balaban J connectivity index is 2.02. The molecule has 2 aromatic rings.